The maximum absolute atomic E-state index is 13.9. The Labute approximate surface area is 172 Å². The molecular weight excluding hydrogens is 397 g/mol. The largest absolute Gasteiger partial charge is 0.437 e. The molecule has 1 aliphatic heterocycles. The minimum Gasteiger partial charge on any atom is -0.363 e. The van der Waals surface area contributed by atoms with Gasteiger partial charge in [-0.15, -0.1) is 0 Å². The Morgan fingerprint density at radius 2 is 1.63 bits per heavy atom. The molecule has 1 heterocycles. The van der Waals surface area contributed by atoms with Crippen LogP contribution in [0.4, 0.5) is 18.0 Å². The lowest BCUT2D eigenvalue weighted by Gasteiger charge is -2.45. The van der Waals surface area contributed by atoms with Crippen molar-refractivity contribution in [2.45, 2.75) is 44.6 Å². The van der Waals surface area contributed by atoms with E-state index in [2.05, 4.69) is 5.32 Å². The van der Waals surface area contributed by atoms with Crippen molar-refractivity contribution in [3.05, 3.63) is 70.8 Å². The van der Waals surface area contributed by atoms with Gasteiger partial charge in [0, 0.05) is 5.56 Å². The van der Waals surface area contributed by atoms with E-state index in [-0.39, 0.29) is 11.5 Å². The molecule has 0 aromatic heterocycles. The number of urea groups is 1. The van der Waals surface area contributed by atoms with E-state index in [4.69, 9.17) is 0 Å². The third kappa shape index (κ3) is 3.92. The fraction of sp³-hybridized carbons (Fsp3) is 0.364. The molecule has 3 N–H and O–H groups in total. The monoisotopic (exact) mass is 420 g/mol. The number of aliphatic hydroxyl groups is 1. The summed E-state index contributed by atoms with van der Waals surface area (Å²) in [7, 11) is 0. The highest BCUT2D eigenvalue weighted by Gasteiger charge is 2.66. The Hall–Kier alpha value is -2.87. The number of ketones is 1. The number of carbonyl (C=O) groups is 2. The van der Waals surface area contributed by atoms with Crippen LogP contribution in [0.25, 0.3) is 0 Å². The molecule has 2 aromatic rings. The molecule has 5 nitrogen and oxygen atoms in total. The molecule has 2 amide bonds. The molecule has 0 radical (unpaired) electrons. The Balaban J connectivity index is 2.13. The average molecular weight is 420 g/mol. The summed E-state index contributed by atoms with van der Waals surface area (Å²) in [6.45, 7) is 5.71. The number of amides is 2. The molecule has 3 rings (SSSR count). The van der Waals surface area contributed by atoms with Gasteiger partial charge in [-0.05, 0) is 24.0 Å². The van der Waals surface area contributed by atoms with Crippen LogP contribution in [-0.2, 0) is 0 Å². The van der Waals surface area contributed by atoms with E-state index in [0.29, 0.717) is 5.56 Å². The number of Topliss-reactive ketones (excluding diaryl/α,β-unsaturated/α-hetero) is 1. The van der Waals surface area contributed by atoms with Gasteiger partial charge >= 0.3 is 12.2 Å². The number of hydrogen-bond donors (Lipinski definition) is 3. The molecule has 0 saturated carbocycles. The van der Waals surface area contributed by atoms with Gasteiger partial charge in [0.1, 0.15) is 5.92 Å². The summed E-state index contributed by atoms with van der Waals surface area (Å²) in [4.78, 5) is 25.2. The molecule has 1 fully saturated rings. The van der Waals surface area contributed by atoms with Gasteiger partial charge in [-0.3, -0.25) is 4.79 Å². The van der Waals surface area contributed by atoms with Crippen LogP contribution in [0.2, 0.25) is 0 Å². The summed E-state index contributed by atoms with van der Waals surface area (Å²) in [5.74, 6) is -2.76. The highest BCUT2D eigenvalue weighted by molar-refractivity contribution is 6.00. The summed E-state index contributed by atoms with van der Waals surface area (Å²) in [6, 6.07) is 10.0. The van der Waals surface area contributed by atoms with E-state index in [0.717, 1.165) is 11.1 Å². The lowest BCUT2D eigenvalue weighted by molar-refractivity contribution is -0.287. The lowest BCUT2D eigenvalue weighted by Crippen LogP contribution is -2.72. The summed E-state index contributed by atoms with van der Waals surface area (Å²) in [6.07, 6.45) is -5.27. The van der Waals surface area contributed by atoms with Crippen molar-refractivity contribution in [2.75, 3.05) is 0 Å². The zero-order chi connectivity index (χ0) is 22.3. The molecule has 0 aliphatic carbocycles. The van der Waals surface area contributed by atoms with Crippen LogP contribution in [0.15, 0.2) is 48.5 Å². The van der Waals surface area contributed by atoms with E-state index in [9.17, 15) is 27.9 Å². The number of carbonyl (C=O) groups excluding carboxylic acids is 2. The van der Waals surface area contributed by atoms with Gasteiger partial charge in [-0.25, -0.2) is 4.79 Å². The van der Waals surface area contributed by atoms with Crippen LogP contribution >= 0.6 is 0 Å². The first-order valence-corrected chi connectivity index (χ1v) is 9.52. The van der Waals surface area contributed by atoms with Crippen molar-refractivity contribution in [3.8, 4) is 0 Å². The number of halogens is 3. The van der Waals surface area contributed by atoms with E-state index in [1.807, 2.05) is 13.8 Å². The first-order valence-electron chi connectivity index (χ1n) is 9.52. The van der Waals surface area contributed by atoms with Crippen molar-refractivity contribution in [1.29, 1.82) is 0 Å². The fourth-order valence-corrected chi connectivity index (χ4v) is 3.60. The predicted octanol–water partition coefficient (Wildman–Crippen LogP) is 4.22. The van der Waals surface area contributed by atoms with Crippen LogP contribution < -0.4 is 10.6 Å². The first-order chi connectivity index (χ1) is 13.9. The second kappa shape index (κ2) is 7.75. The zero-order valence-electron chi connectivity index (χ0n) is 16.7. The smallest absolute Gasteiger partial charge is 0.363 e. The molecular formula is C22H23F3N2O3. The van der Waals surface area contributed by atoms with E-state index in [1.165, 1.54) is 17.4 Å². The number of rotatable bonds is 4. The third-order valence-corrected chi connectivity index (χ3v) is 5.39. The lowest BCUT2D eigenvalue weighted by atomic mass is 9.77. The molecule has 1 aliphatic rings. The van der Waals surface area contributed by atoms with Gasteiger partial charge < -0.3 is 15.7 Å². The molecule has 0 bridgehead atoms. The van der Waals surface area contributed by atoms with Crippen LogP contribution in [0.5, 0.6) is 0 Å². The van der Waals surface area contributed by atoms with Crippen molar-refractivity contribution in [1.82, 2.24) is 10.6 Å². The SMILES string of the molecule is Cc1ccc(C(=O)[C@H]2[C@@H](c3ccc(C(C)C)cc3)NC(=O)N[C@@]2(O)C(F)(F)F)cc1. The van der Waals surface area contributed by atoms with Crippen molar-refractivity contribution in [2.24, 2.45) is 5.92 Å². The average Bonchev–Trinajstić information content (AvgIpc) is 2.66. The van der Waals surface area contributed by atoms with E-state index in [1.54, 1.807) is 43.3 Å². The maximum atomic E-state index is 13.9. The molecule has 1 saturated heterocycles. The quantitative estimate of drug-likeness (QED) is 0.648. The molecule has 2 aromatic carbocycles. The number of nitrogens with one attached hydrogen (secondary N) is 2. The zero-order valence-corrected chi connectivity index (χ0v) is 16.7. The Bertz CT molecular complexity index is 940. The van der Waals surface area contributed by atoms with Crippen LogP contribution in [-0.4, -0.2) is 28.8 Å². The van der Waals surface area contributed by atoms with E-state index < -0.39 is 35.7 Å². The van der Waals surface area contributed by atoms with Crippen LogP contribution in [0.1, 0.15) is 52.9 Å². The third-order valence-electron chi connectivity index (χ3n) is 5.39. The number of alkyl halides is 3. The Morgan fingerprint density at radius 1 is 1.07 bits per heavy atom. The molecule has 0 spiro atoms. The van der Waals surface area contributed by atoms with Gasteiger partial charge in [-0.2, -0.15) is 13.2 Å². The second-order valence-corrected chi connectivity index (χ2v) is 7.87. The Morgan fingerprint density at radius 3 is 2.13 bits per heavy atom. The minimum absolute atomic E-state index is 0.00928. The van der Waals surface area contributed by atoms with Crippen LogP contribution in [0.3, 0.4) is 0 Å². The topological polar surface area (TPSA) is 78.4 Å². The van der Waals surface area contributed by atoms with Gasteiger partial charge in [0.25, 0.3) is 0 Å². The van der Waals surface area contributed by atoms with Gasteiger partial charge in [0.05, 0.1) is 6.04 Å². The molecule has 30 heavy (non-hydrogen) atoms. The normalized spacial score (nSPS) is 24.3. The fourth-order valence-electron chi connectivity index (χ4n) is 3.60. The number of aryl methyl sites for hydroxylation is 1. The van der Waals surface area contributed by atoms with E-state index >= 15 is 0 Å². The van der Waals surface area contributed by atoms with Gasteiger partial charge in [-0.1, -0.05) is 67.9 Å². The van der Waals surface area contributed by atoms with Gasteiger partial charge in [0.15, 0.2) is 5.78 Å². The standard InChI is InChI=1S/C22H23F3N2O3/c1-12(2)14-8-10-15(11-9-14)18-17(19(28)16-6-4-13(3)5-7-16)21(30,22(23,24)25)27-20(29)26-18/h4-12,17-18,30H,1-3H3,(H2,26,27,29)/t17-,18-,21+/m1/s1. The highest BCUT2D eigenvalue weighted by Crippen LogP contribution is 2.44. The summed E-state index contributed by atoms with van der Waals surface area (Å²) in [5, 5.41) is 14.5. The second-order valence-electron chi connectivity index (χ2n) is 7.87. The minimum atomic E-state index is -5.27. The van der Waals surface area contributed by atoms with Crippen LogP contribution in [0, 0.1) is 12.8 Å². The van der Waals surface area contributed by atoms with Gasteiger partial charge in [0.2, 0.25) is 5.72 Å². The maximum Gasteiger partial charge on any atom is 0.437 e. The first kappa shape index (κ1) is 21.8. The summed E-state index contributed by atoms with van der Waals surface area (Å²) < 4.78 is 41.7. The molecule has 0 unspecified atom stereocenters. The summed E-state index contributed by atoms with van der Waals surface area (Å²) in [5.41, 5.74) is -1.64. The Kier molecular flexibility index (Phi) is 5.64. The number of benzene rings is 2. The molecule has 160 valence electrons. The van der Waals surface area contributed by atoms with Crippen molar-refractivity contribution < 1.29 is 27.9 Å². The van der Waals surface area contributed by atoms with Crippen molar-refractivity contribution in [3.63, 3.8) is 0 Å². The van der Waals surface area contributed by atoms with Crippen molar-refractivity contribution >= 4 is 11.8 Å². The highest BCUT2D eigenvalue weighted by atomic mass is 19.4. The molecule has 3 atom stereocenters. The number of hydrogen-bond acceptors (Lipinski definition) is 3. The molecule has 8 heteroatoms. The summed E-state index contributed by atoms with van der Waals surface area (Å²) >= 11 is 0. The predicted molar refractivity (Wildman–Crippen MR) is 105 cm³/mol.